The molecule has 1 aliphatic rings. The van der Waals surface area contributed by atoms with E-state index < -0.39 is 9.84 Å². The van der Waals surface area contributed by atoms with E-state index in [0.29, 0.717) is 24.5 Å². The van der Waals surface area contributed by atoms with Crippen LogP contribution in [0.5, 0.6) is 0 Å². The smallest absolute Gasteiger partial charge is 0.151 e. The molecule has 1 fully saturated rings. The number of hydrogen-bond acceptors (Lipinski definition) is 4. The molecule has 3 unspecified atom stereocenters. The molecule has 0 aromatic rings. The van der Waals surface area contributed by atoms with Gasteiger partial charge >= 0.3 is 0 Å². The molecule has 0 bridgehead atoms. The minimum absolute atomic E-state index is 0.244. The molecule has 0 spiro atoms. The second-order valence-electron chi connectivity index (χ2n) is 5.30. The summed E-state index contributed by atoms with van der Waals surface area (Å²) in [5.74, 6) is 1.09. The Kier molecular flexibility index (Phi) is 5.41. The second-order valence-corrected chi connectivity index (χ2v) is 7.77. The average molecular weight is 262 g/mol. The topological polar surface area (TPSA) is 49.4 Å². The fraction of sp³-hybridized carbons (Fsp3) is 1.00. The Bertz CT molecular complexity index is 329. The van der Waals surface area contributed by atoms with Gasteiger partial charge in [-0.2, -0.15) is 0 Å². The fourth-order valence-electron chi connectivity index (χ4n) is 2.37. The zero-order valence-corrected chi connectivity index (χ0v) is 12.3. The summed E-state index contributed by atoms with van der Waals surface area (Å²) >= 11 is 0. The molecule has 0 radical (unpaired) electrons. The molecule has 4 nitrogen and oxygen atoms in total. The molecule has 0 aliphatic carbocycles. The van der Waals surface area contributed by atoms with E-state index in [2.05, 4.69) is 31.1 Å². The molecule has 0 aromatic heterocycles. The molecular weight excluding hydrogens is 236 g/mol. The summed E-state index contributed by atoms with van der Waals surface area (Å²) in [5.41, 5.74) is 0. The van der Waals surface area contributed by atoms with Gasteiger partial charge in [-0.25, -0.2) is 8.42 Å². The van der Waals surface area contributed by atoms with E-state index in [1.807, 2.05) is 0 Å². The normalized spacial score (nSPS) is 31.6. The van der Waals surface area contributed by atoms with Gasteiger partial charge in [0.1, 0.15) is 0 Å². The molecule has 5 heteroatoms. The monoisotopic (exact) mass is 262 g/mol. The van der Waals surface area contributed by atoms with E-state index in [1.165, 1.54) is 0 Å². The number of rotatable bonds is 5. The number of likely N-dealkylation sites (tertiary alicyclic amines) is 1. The third-order valence-corrected chi connectivity index (χ3v) is 5.58. The van der Waals surface area contributed by atoms with Gasteiger partial charge in [-0.05, 0) is 26.3 Å². The number of nitrogens with zero attached hydrogens (tertiary/aromatic N) is 1. The Morgan fingerprint density at radius 2 is 2.00 bits per heavy atom. The van der Waals surface area contributed by atoms with Crippen molar-refractivity contribution >= 4 is 9.84 Å². The minimum Gasteiger partial charge on any atom is -0.313 e. The highest BCUT2D eigenvalue weighted by atomic mass is 32.2. The van der Waals surface area contributed by atoms with E-state index in [9.17, 15) is 8.42 Å². The van der Waals surface area contributed by atoms with E-state index >= 15 is 0 Å². The maximum atomic E-state index is 11.4. The van der Waals surface area contributed by atoms with Crippen LogP contribution in [0.3, 0.4) is 0 Å². The van der Waals surface area contributed by atoms with Gasteiger partial charge in [-0.3, -0.25) is 0 Å². The predicted molar refractivity (Wildman–Crippen MR) is 72.0 cm³/mol. The third kappa shape index (κ3) is 4.56. The number of nitrogens with one attached hydrogen (secondary N) is 1. The van der Waals surface area contributed by atoms with Crippen molar-refractivity contribution in [1.29, 1.82) is 0 Å². The summed E-state index contributed by atoms with van der Waals surface area (Å²) in [6, 6.07) is 1.03. The van der Waals surface area contributed by atoms with Crippen LogP contribution < -0.4 is 5.32 Å². The Hall–Kier alpha value is -0.130. The van der Waals surface area contributed by atoms with Crippen LogP contribution in [0, 0.1) is 5.92 Å². The molecule has 1 aliphatic heterocycles. The van der Waals surface area contributed by atoms with Gasteiger partial charge in [0.25, 0.3) is 0 Å². The van der Waals surface area contributed by atoms with Crippen LogP contribution in [0.4, 0.5) is 0 Å². The van der Waals surface area contributed by atoms with Crippen LogP contribution in [-0.4, -0.2) is 57.0 Å². The molecule has 1 saturated heterocycles. The second kappa shape index (κ2) is 6.16. The lowest BCUT2D eigenvalue weighted by Gasteiger charge is -2.40. The first-order chi connectivity index (χ1) is 7.85. The van der Waals surface area contributed by atoms with Crippen molar-refractivity contribution in [2.45, 2.75) is 39.3 Å². The minimum atomic E-state index is -2.84. The van der Waals surface area contributed by atoms with Gasteiger partial charge in [0, 0.05) is 30.9 Å². The van der Waals surface area contributed by atoms with Gasteiger partial charge in [-0.1, -0.05) is 13.8 Å². The largest absolute Gasteiger partial charge is 0.313 e. The zero-order chi connectivity index (χ0) is 13.1. The standard InChI is InChI=1S/C12H26N2O2S/c1-5-17(15,16)7-6-13-12-8-11(3)14(4)9-10(12)2/h10-13H,5-9H2,1-4H3. The number of piperidine rings is 1. The van der Waals surface area contributed by atoms with Crippen LogP contribution in [0.2, 0.25) is 0 Å². The maximum Gasteiger partial charge on any atom is 0.151 e. The van der Waals surface area contributed by atoms with Crippen molar-refractivity contribution in [3.8, 4) is 0 Å². The van der Waals surface area contributed by atoms with Gasteiger partial charge in [0.05, 0.1) is 5.75 Å². The van der Waals surface area contributed by atoms with Gasteiger partial charge < -0.3 is 10.2 Å². The van der Waals surface area contributed by atoms with E-state index in [0.717, 1.165) is 13.0 Å². The molecule has 1 N–H and O–H groups in total. The molecule has 17 heavy (non-hydrogen) atoms. The fourth-order valence-corrected chi connectivity index (χ4v) is 3.09. The third-order valence-electron chi connectivity index (χ3n) is 3.87. The van der Waals surface area contributed by atoms with Crippen molar-refractivity contribution in [1.82, 2.24) is 10.2 Å². The van der Waals surface area contributed by atoms with Crippen molar-refractivity contribution in [3.63, 3.8) is 0 Å². The summed E-state index contributed by atoms with van der Waals surface area (Å²) in [6.07, 6.45) is 1.10. The maximum absolute atomic E-state index is 11.4. The number of hydrogen-bond donors (Lipinski definition) is 1. The van der Waals surface area contributed by atoms with E-state index in [-0.39, 0.29) is 11.5 Å². The summed E-state index contributed by atoms with van der Waals surface area (Å²) in [7, 11) is -0.683. The quantitative estimate of drug-likeness (QED) is 0.794. The summed E-state index contributed by atoms with van der Waals surface area (Å²) in [4.78, 5) is 2.37. The van der Waals surface area contributed by atoms with Gasteiger partial charge in [0.2, 0.25) is 0 Å². The van der Waals surface area contributed by atoms with Crippen molar-refractivity contribution < 1.29 is 8.42 Å². The van der Waals surface area contributed by atoms with Crippen LogP contribution in [0.15, 0.2) is 0 Å². The van der Waals surface area contributed by atoms with Crippen molar-refractivity contribution in [3.05, 3.63) is 0 Å². The first-order valence-electron chi connectivity index (χ1n) is 6.49. The Morgan fingerprint density at radius 3 is 2.59 bits per heavy atom. The molecule has 0 amide bonds. The van der Waals surface area contributed by atoms with Crippen LogP contribution >= 0.6 is 0 Å². The van der Waals surface area contributed by atoms with Crippen LogP contribution in [-0.2, 0) is 9.84 Å². The molecule has 0 aromatic carbocycles. The lowest BCUT2D eigenvalue weighted by molar-refractivity contribution is 0.123. The lowest BCUT2D eigenvalue weighted by Crippen LogP contribution is -2.51. The first-order valence-corrected chi connectivity index (χ1v) is 8.32. The Labute approximate surface area is 106 Å². The van der Waals surface area contributed by atoms with E-state index in [1.54, 1.807) is 6.92 Å². The highest BCUT2D eigenvalue weighted by molar-refractivity contribution is 7.91. The molecule has 3 atom stereocenters. The van der Waals surface area contributed by atoms with Crippen LogP contribution in [0.1, 0.15) is 27.2 Å². The predicted octanol–water partition coefficient (Wildman–Crippen LogP) is 0.739. The molecule has 1 rings (SSSR count). The first kappa shape index (κ1) is 14.9. The van der Waals surface area contributed by atoms with Crippen molar-refractivity contribution in [2.24, 2.45) is 5.92 Å². The van der Waals surface area contributed by atoms with E-state index in [4.69, 9.17) is 0 Å². The van der Waals surface area contributed by atoms with Gasteiger partial charge in [-0.15, -0.1) is 0 Å². The molecule has 1 heterocycles. The summed E-state index contributed by atoms with van der Waals surface area (Å²) < 4.78 is 22.8. The zero-order valence-electron chi connectivity index (χ0n) is 11.4. The van der Waals surface area contributed by atoms with Crippen LogP contribution in [0.25, 0.3) is 0 Å². The average Bonchev–Trinajstić information content (AvgIpc) is 2.25. The summed E-state index contributed by atoms with van der Waals surface area (Å²) in [5, 5.41) is 3.41. The Balaban J connectivity index is 2.37. The molecule has 0 saturated carbocycles. The summed E-state index contributed by atoms with van der Waals surface area (Å²) in [6.45, 7) is 7.83. The highest BCUT2D eigenvalue weighted by Crippen LogP contribution is 2.20. The SMILES string of the molecule is CCS(=O)(=O)CCNC1CC(C)N(C)CC1C. The number of sulfone groups is 1. The lowest BCUT2D eigenvalue weighted by atomic mass is 9.90. The Morgan fingerprint density at radius 1 is 1.35 bits per heavy atom. The molecule has 102 valence electrons. The highest BCUT2D eigenvalue weighted by Gasteiger charge is 2.28. The van der Waals surface area contributed by atoms with Crippen molar-refractivity contribution in [2.75, 3.05) is 31.6 Å². The van der Waals surface area contributed by atoms with Gasteiger partial charge in [0.15, 0.2) is 9.84 Å². The molecular formula is C12H26N2O2S.